The van der Waals surface area contributed by atoms with Gasteiger partial charge in [0.2, 0.25) is 5.91 Å². The summed E-state index contributed by atoms with van der Waals surface area (Å²) in [6.07, 6.45) is -0.560. The Hall–Kier alpha value is -2.08. The number of methoxy groups -OCH3 is 1. The van der Waals surface area contributed by atoms with E-state index in [2.05, 4.69) is 5.32 Å². The third kappa shape index (κ3) is 5.71. The van der Waals surface area contributed by atoms with E-state index < -0.39 is 12.1 Å². The molecule has 0 fully saturated rings. The van der Waals surface area contributed by atoms with Gasteiger partial charge in [-0.25, -0.2) is 4.79 Å². The van der Waals surface area contributed by atoms with E-state index >= 15 is 0 Å². The summed E-state index contributed by atoms with van der Waals surface area (Å²) in [5.74, 6) is -0.714. The molecule has 0 saturated heterocycles. The number of carbonyl (C=O) groups excluding carboxylic acids is 1. The van der Waals surface area contributed by atoms with E-state index in [1.807, 2.05) is 24.3 Å². The maximum absolute atomic E-state index is 11.6. The van der Waals surface area contributed by atoms with Crippen LogP contribution in [-0.2, 0) is 16.0 Å². The summed E-state index contributed by atoms with van der Waals surface area (Å²) in [4.78, 5) is 21.9. The van der Waals surface area contributed by atoms with Gasteiger partial charge in [-0.1, -0.05) is 12.1 Å². The minimum atomic E-state index is -1.44. The van der Waals surface area contributed by atoms with Crippen molar-refractivity contribution in [3.8, 4) is 5.75 Å². The zero-order valence-corrected chi connectivity index (χ0v) is 11.3. The lowest BCUT2D eigenvalue weighted by atomic mass is 10.1. The van der Waals surface area contributed by atoms with Gasteiger partial charge in [0.25, 0.3) is 0 Å². The van der Waals surface area contributed by atoms with E-state index in [0.717, 1.165) is 11.3 Å². The summed E-state index contributed by atoms with van der Waals surface area (Å²) in [7, 11) is 1.58. The second-order valence-corrected chi connectivity index (χ2v) is 4.34. The first kappa shape index (κ1) is 16.0. The summed E-state index contributed by atoms with van der Waals surface area (Å²) in [6.45, 7) is 0.143. The van der Waals surface area contributed by atoms with Crippen LogP contribution in [0.4, 0.5) is 0 Å². The fraction of sp³-hybridized carbons (Fsp3) is 0.429. The Labute approximate surface area is 117 Å². The molecule has 1 amide bonds. The number of hydrogen-bond donors (Lipinski definition) is 3. The van der Waals surface area contributed by atoms with E-state index in [1.54, 1.807) is 7.11 Å². The third-order valence-corrected chi connectivity index (χ3v) is 2.80. The number of carbonyl (C=O) groups is 2. The van der Waals surface area contributed by atoms with E-state index in [1.165, 1.54) is 0 Å². The quantitative estimate of drug-likeness (QED) is 0.648. The molecule has 0 heterocycles. The molecule has 6 nitrogen and oxygen atoms in total. The molecule has 6 heteroatoms. The number of benzene rings is 1. The van der Waals surface area contributed by atoms with Gasteiger partial charge in [-0.05, 0) is 24.1 Å². The summed E-state index contributed by atoms with van der Waals surface area (Å²) in [5, 5.41) is 20.1. The van der Waals surface area contributed by atoms with Crippen LogP contribution in [0.2, 0.25) is 0 Å². The molecule has 0 aromatic heterocycles. The Morgan fingerprint density at radius 3 is 2.80 bits per heavy atom. The first-order chi connectivity index (χ1) is 9.52. The second kappa shape index (κ2) is 8.16. The summed E-state index contributed by atoms with van der Waals surface area (Å²) >= 11 is 0. The first-order valence-corrected chi connectivity index (χ1v) is 6.33. The Bertz CT molecular complexity index is 461. The zero-order valence-electron chi connectivity index (χ0n) is 11.3. The highest BCUT2D eigenvalue weighted by Crippen LogP contribution is 2.13. The number of ether oxygens (including phenoxy) is 1. The molecule has 1 rings (SSSR count). The molecule has 1 atom stereocenters. The van der Waals surface area contributed by atoms with Crippen LogP contribution in [0.5, 0.6) is 5.75 Å². The SMILES string of the molecule is COc1cccc(CCC(=O)NCC[C@H](O)C(=O)O)c1. The molecular weight excluding hydrogens is 262 g/mol. The Kier molecular flexibility index (Phi) is 6.52. The average Bonchev–Trinajstić information content (AvgIpc) is 2.45. The first-order valence-electron chi connectivity index (χ1n) is 6.33. The molecule has 110 valence electrons. The van der Waals surface area contributed by atoms with Crippen LogP contribution in [0.3, 0.4) is 0 Å². The van der Waals surface area contributed by atoms with Crippen molar-refractivity contribution in [2.45, 2.75) is 25.4 Å². The topological polar surface area (TPSA) is 95.9 Å². The molecule has 0 radical (unpaired) electrons. The number of carboxylic acids is 1. The number of carboxylic acid groups (broad SMARTS) is 1. The number of aryl methyl sites for hydroxylation is 1. The normalized spacial score (nSPS) is 11.7. The van der Waals surface area contributed by atoms with Crippen molar-refractivity contribution in [2.24, 2.45) is 0 Å². The van der Waals surface area contributed by atoms with Crippen LogP contribution in [0.25, 0.3) is 0 Å². The standard InChI is InChI=1S/C14H19NO5/c1-20-11-4-2-3-10(9-11)5-6-13(17)15-8-7-12(16)14(18)19/h2-4,9,12,16H,5-8H2,1H3,(H,15,17)(H,18,19)/t12-/m0/s1. The van der Waals surface area contributed by atoms with Gasteiger partial charge in [0.05, 0.1) is 7.11 Å². The predicted molar refractivity (Wildman–Crippen MR) is 72.6 cm³/mol. The van der Waals surface area contributed by atoms with Gasteiger partial charge in [-0.2, -0.15) is 0 Å². The molecule has 0 aliphatic rings. The van der Waals surface area contributed by atoms with Crippen molar-refractivity contribution in [2.75, 3.05) is 13.7 Å². The van der Waals surface area contributed by atoms with Crippen LogP contribution in [0, 0.1) is 0 Å². The minimum Gasteiger partial charge on any atom is -0.497 e. The van der Waals surface area contributed by atoms with E-state index in [9.17, 15) is 9.59 Å². The van der Waals surface area contributed by atoms with Gasteiger partial charge in [0.15, 0.2) is 6.10 Å². The monoisotopic (exact) mass is 281 g/mol. The highest BCUT2D eigenvalue weighted by molar-refractivity contribution is 5.76. The van der Waals surface area contributed by atoms with E-state index in [-0.39, 0.29) is 18.9 Å². The highest BCUT2D eigenvalue weighted by atomic mass is 16.5. The van der Waals surface area contributed by atoms with E-state index in [0.29, 0.717) is 12.8 Å². The molecule has 20 heavy (non-hydrogen) atoms. The number of hydrogen-bond acceptors (Lipinski definition) is 4. The molecule has 1 aromatic carbocycles. The largest absolute Gasteiger partial charge is 0.497 e. The minimum absolute atomic E-state index is 0.000231. The van der Waals surface area contributed by atoms with Gasteiger partial charge in [-0.15, -0.1) is 0 Å². The van der Waals surface area contributed by atoms with Crippen molar-refractivity contribution >= 4 is 11.9 Å². The van der Waals surface area contributed by atoms with Gasteiger partial charge in [0, 0.05) is 19.4 Å². The number of nitrogens with one attached hydrogen (secondary N) is 1. The van der Waals surface area contributed by atoms with Crippen molar-refractivity contribution in [3.05, 3.63) is 29.8 Å². The lowest BCUT2D eigenvalue weighted by molar-refractivity contribution is -0.147. The number of aliphatic hydroxyl groups is 1. The molecule has 0 bridgehead atoms. The number of aliphatic hydroxyl groups excluding tert-OH is 1. The van der Waals surface area contributed by atoms with Crippen molar-refractivity contribution in [3.63, 3.8) is 0 Å². The molecule has 0 aliphatic carbocycles. The van der Waals surface area contributed by atoms with Crippen molar-refractivity contribution in [1.29, 1.82) is 0 Å². The highest BCUT2D eigenvalue weighted by Gasteiger charge is 2.12. The number of aliphatic carboxylic acids is 1. The van der Waals surface area contributed by atoms with Gasteiger partial charge in [0.1, 0.15) is 5.75 Å². The van der Waals surface area contributed by atoms with Crippen LogP contribution < -0.4 is 10.1 Å². The summed E-state index contributed by atoms with van der Waals surface area (Å²) in [6, 6.07) is 7.46. The van der Waals surface area contributed by atoms with Gasteiger partial charge >= 0.3 is 5.97 Å². The molecular formula is C14H19NO5. The summed E-state index contributed by atoms with van der Waals surface area (Å²) < 4.78 is 5.09. The predicted octanol–water partition coefficient (Wildman–Crippen LogP) is 0.580. The smallest absolute Gasteiger partial charge is 0.332 e. The maximum Gasteiger partial charge on any atom is 0.332 e. The fourth-order valence-electron chi connectivity index (χ4n) is 1.65. The lowest BCUT2D eigenvalue weighted by Gasteiger charge is -2.08. The third-order valence-electron chi connectivity index (χ3n) is 2.80. The Morgan fingerprint density at radius 2 is 2.15 bits per heavy atom. The average molecular weight is 281 g/mol. The van der Waals surface area contributed by atoms with E-state index in [4.69, 9.17) is 14.9 Å². The van der Waals surface area contributed by atoms with Gasteiger partial charge in [-0.3, -0.25) is 4.79 Å². The molecule has 1 aromatic rings. The van der Waals surface area contributed by atoms with Crippen molar-refractivity contribution < 1.29 is 24.5 Å². The number of amides is 1. The molecule has 0 saturated carbocycles. The zero-order chi connectivity index (χ0) is 15.0. The maximum atomic E-state index is 11.6. The molecule has 0 unspecified atom stereocenters. The molecule has 0 spiro atoms. The molecule has 3 N–H and O–H groups in total. The van der Waals surface area contributed by atoms with Crippen LogP contribution >= 0.6 is 0 Å². The van der Waals surface area contributed by atoms with Crippen LogP contribution in [-0.4, -0.2) is 41.8 Å². The fourth-order valence-corrected chi connectivity index (χ4v) is 1.65. The van der Waals surface area contributed by atoms with Gasteiger partial charge < -0.3 is 20.3 Å². The molecule has 0 aliphatic heterocycles. The van der Waals surface area contributed by atoms with Crippen LogP contribution in [0.1, 0.15) is 18.4 Å². The number of rotatable bonds is 8. The van der Waals surface area contributed by atoms with Crippen molar-refractivity contribution in [1.82, 2.24) is 5.32 Å². The Morgan fingerprint density at radius 1 is 1.40 bits per heavy atom. The van der Waals surface area contributed by atoms with Crippen LogP contribution in [0.15, 0.2) is 24.3 Å². The Balaban J connectivity index is 2.27. The second-order valence-electron chi connectivity index (χ2n) is 4.34. The lowest BCUT2D eigenvalue weighted by Crippen LogP contribution is -2.30. The summed E-state index contributed by atoms with van der Waals surface area (Å²) in [5.41, 5.74) is 0.991.